The van der Waals surface area contributed by atoms with Gasteiger partial charge in [0.2, 0.25) is 21.8 Å². The Labute approximate surface area is 218 Å². The zero-order valence-corrected chi connectivity index (χ0v) is 22.2. The molecular weight excluding hydrogens is 494 g/mol. The second-order valence-corrected chi connectivity index (χ2v) is 11.5. The maximum Gasteiger partial charge on any atom is 0.244 e. The Morgan fingerprint density at radius 1 is 1.03 bits per heavy atom. The highest BCUT2D eigenvalue weighted by Crippen LogP contribution is 2.34. The van der Waals surface area contributed by atoms with Crippen LogP contribution >= 0.6 is 0 Å². The number of amides is 2. The second kappa shape index (κ2) is 11.9. The molecule has 1 saturated carbocycles. The van der Waals surface area contributed by atoms with Gasteiger partial charge in [-0.05, 0) is 43.9 Å². The van der Waals surface area contributed by atoms with Gasteiger partial charge in [0.05, 0.1) is 11.9 Å². The lowest BCUT2D eigenvalue weighted by Gasteiger charge is -2.32. The first-order chi connectivity index (χ1) is 17.7. The smallest absolute Gasteiger partial charge is 0.244 e. The molecule has 0 radical (unpaired) electrons. The third-order valence-corrected chi connectivity index (χ3v) is 7.99. The fraction of sp³-hybridized carbons (Fsp3) is 0.481. The van der Waals surface area contributed by atoms with E-state index in [4.69, 9.17) is 9.47 Å². The van der Waals surface area contributed by atoms with E-state index in [0.29, 0.717) is 36.8 Å². The summed E-state index contributed by atoms with van der Waals surface area (Å²) in [4.78, 5) is 28.2. The van der Waals surface area contributed by atoms with Crippen LogP contribution in [0.4, 0.5) is 5.69 Å². The Morgan fingerprint density at radius 2 is 1.70 bits per heavy atom. The van der Waals surface area contributed by atoms with E-state index in [1.807, 2.05) is 30.3 Å². The Kier molecular flexibility index (Phi) is 8.58. The van der Waals surface area contributed by atoms with E-state index < -0.39 is 28.5 Å². The molecule has 1 fully saturated rings. The van der Waals surface area contributed by atoms with Crippen LogP contribution in [0.25, 0.3) is 0 Å². The first-order valence-electron chi connectivity index (χ1n) is 12.7. The predicted octanol–water partition coefficient (Wildman–Crippen LogP) is 2.74. The number of fused-ring (bicyclic) bond motifs is 1. The molecule has 2 amide bonds. The van der Waals surface area contributed by atoms with Crippen molar-refractivity contribution in [1.29, 1.82) is 0 Å². The van der Waals surface area contributed by atoms with Crippen LogP contribution in [0.2, 0.25) is 0 Å². The summed E-state index contributed by atoms with van der Waals surface area (Å²) < 4.78 is 37.7. The topological polar surface area (TPSA) is 105 Å². The van der Waals surface area contributed by atoms with Crippen molar-refractivity contribution in [3.8, 4) is 11.5 Å². The fourth-order valence-electron chi connectivity index (χ4n) is 4.76. The van der Waals surface area contributed by atoms with E-state index in [0.717, 1.165) is 41.8 Å². The number of sulfonamides is 1. The maximum atomic E-state index is 13.7. The molecule has 9 nitrogen and oxygen atoms in total. The van der Waals surface area contributed by atoms with Crippen LogP contribution < -0.4 is 19.1 Å². The van der Waals surface area contributed by atoms with Crippen LogP contribution in [0, 0.1) is 0 Å². The van der Waals surface area contributed by atoms with Crippen LogP contribution in [-0.4, -0.2) is 69.8 Å². The van der Waals surface area contributed by atoms with Gasteiger partial charge in [-0.2, -0.15) is 0 Å². The summed E-state index contributed by atoms with van der Waals surface area (Å²) in [6.07, 6.45) is 5.62. The molecule has 4 rings (SSSR count). The lowest BCUT2D eigenvalue weighted by molar-refractivity contribution is -0.139. The standard InChI is InChI=1S/C27H35N3O6S/c1-20(27(32)28-22-10-6-7-11-22)29(15-14-21-8-4-3-5-9-21)26(31)19-30(37(2,33)34)23-12-13-24-25(18-23)36-17-16-35-24/h3-5,8-9,12-13,18,20,22H,6-7,10-11,14-17,19H2,1-2H3,(H,28,32). The molecule has 2 aliphatic rings. The summed E-state index contributed by atoms with van der Waals surface area (Å²) in [7, 11) is -3.82. The zero-order chi connectivity index (χ0) is 26.4. The monoisotopic (exact) mass is 529 g/mol. The number of hydrogen-bond donors (Lipinski definition) is 1. The maximum absolute atomic E-state index is 13.7. The predicted molar refractivity (Wildman–Crippen MR) is 141 cm³/mol. The third-order valence-electron chi connectivity index (χ3n) is 6.85. The van der Waals surface area contributed by atoms with Gasteiger partial charge >= 0.3 is 0 Å². The van der Waals surface area contributed by atoms with E-state index in [2.05, 4.69) is 5.32 Å². The number of anilines is 1. The average molecular weight is 530 g/mol. The summed E-state index contributed by atoms with van der Waals surface area (Å²) >= 11 is 0. The van der Waals surface area contributed by atoms with E-state index >= 15 is 0 Å². The second-order valence-electron chi connectivity index (χ2n) is 9.59. The Morgan fingerprint density at radius 3 is 2.38 bits per heavy atom. The molecule has 200 valence electrons. The summed E-state index contributed by atoms with van der Waals surface area (Å²) in [5, 5.41) is 3.07. The van der Waals surface area contributed by atoms with Crippen molar-refractivity contribution >= 4 is 27.5 Å². The largest absolute Gasteiger partial charge is 0.486 e. The molecule has 2 aromatic carbocycles. The van der Waals surface area contributed by atoms with Gasteiger partial charge in [0.1, 0.15) is 25.8 Å². The van der Waals surface area contributed by atoms with Crippen molar-refractivity contribution in [2.75, 3.05) is 36.9 Å². The number of nitrogens with one attached hydrogen (secondary N) is 1. The van der Waals surface area contributed by atoms with Gasteiger partial charge in [0, 0.05) is 18.7 Å². The van der Waals surface area contributed by atoms with Gasteiger partial charge in [-0.3, -0.25) is 13.9 Å². The molecule has 1 N–H and O–H groups in total. The van der Waals surface area contributed by atoms with Crippen molar-refractivity contribution in [3.63, 3.8) is 0 Å². The normalized spacial score (nSPS) is 16.2. The van der Waals surface area contributed by atoms with Crippen molar-refractivity contribution < 1.29 is 27.5 Å². The lowest BCUT2D eigenvalue weighted by Crippen LogP contribution is -2.53. The molecule has 1 unspecified atom stereocenters. The third kappa shape index (κ3) is 6.94. The highest BCUT2D eigenvalue weighted by molar-refractivity contribution is 7.92. The van der Waals surface area contributed by atoms with Crippen molar-refractivity contribution in [2.24, 2.45) is 0 Å². The molecule has 0 spiro atoms. The van der Waals surface area contributed by atoms with Gasteiger partial charge < -0.3 is 19.7 Å². The van der Waals surface area contributed by atoms with E-state index in [9.17, 15) is 18.0 Å². The highest BCUT2D eigenvalue weighted by Gasteiger charge is 2.31. The molecular formula is C27H35N3O6S. The highest BCUT2D eigenvalue weighted by atomic mass is 32.2. The van der Waals surface area contributed by atoms with Crippen LogP contribution in [-0.2, 0) is 26.0 Å². The van der Waals surface area contributed by atoms with Gasteiger partial charge in [-0.25, -0.2) is 8.42 Å². The number of ether oxygens (including phenoxy) is 2. The number of rotatable bonds is 10. The first kappa shape index (κ1) is 26.8. The number of carbonyl (C=O) groups excluding carboxylic acids is 2. The van der Waals surface area contributed by atoms with Crippen LogP contribution in [0.1, 0.15) is 38.2 Å². The van der Waals surface area contributed by atoms with Gasteiger partial charge in [-0.15, -0.1) is 0 Å². The summed E-state index contributed by atoms with van der Waals surface area (Å²) in [6, 6.07) is 13.8. The molecule has 1 heterocycles. The minimum atomic E-state index is -3.82. The molecule has 1 aliphatic carbocycles. The lowest BCUT2D eigenvalue weighted by atomic mass is 10.1. The first-order valence-corrected chi connectivity index (χ1v) is 14.6. The number of carbonyl (C=O) groups is 2. The molecule has 1 atom stereocenters. The zero-order valence-electron chi connectivity index (χ0n) is 21.4. The molecule has 10 heteroatoms. The molecule has 1 aliphatic heterocycles. The van der Waals surface area contributed by atoms with Crippen molar-refractivity contribution in [1.82, 2.24) is 10.2 Å². The van der Waals surface area contributed by atoms with Gasteiger partial charge in [0.15, 0.2) is 11.5 Å². The minimum absolute atomic E-state index is 0.117. The van der Waals surface area contributed by atoms with E-state index in [1.54, 1.807) is 25.1 Å². The van der Waals surface area contributed by atoms with Gasteiger partial charge in [-0.1, -0.05) is 43.2 Å². The Hall–Kier alpha value is -3.27. The molecule has 0 bridgehead atoms. The Bertz CT molecular complexity index is 1200. The fourth-order valence-corrected chi connectivity index (χ4v) is 5.60. The molecule has 0 saturated heterocycles. The molecule has 37 heavy (non-hydrogen) atoms. The van der Waals surface area contributed by atoms with Crippen LogP contribution in [0.5, 0.6) is 11.5 Å². The quantitative estimate of drug-likeness (QED) is 0.508. The molecule has 0 aromatic heterocycles. The molecule has 2 aromatic rings. The van der Waals surface area contributed by atoms with Gasteiger partial charge in [0.25, 0.3) is 0 Å². The number of benzene rings is 2. The number of nitrogens with zero attached hydrogens (tertiary/aromatic N) is 2. The van der Waals surface area contributed by atoms with Crippen molar-refractivity contribution in [3.05, 3.63) is 54.1 Å². The number of hydrogen-bond acceptors (Lipinski definition) is 6. The summed E-state index contributed by atoms with van der Waals surface area (Å²) in [6.45, 7) is 2.31. The average Bonchev–Trinajstić information content (AvgIpc) is 3.40. The van der Waals surface area contributed by atoms with Crippen molar-refractivity contribution in [2.45, 2.75) is 51.1 Å². The van der Waals surface area contributed by atoms with E-state index in [-0.39, 0.29) is 18.5 Å². The summed E-state index contributed by atoms with van der Waals surface area (Å²) in [5.41, 5.74) is 1.32. The summed E-state index contributed by atoms with van der Waals surface area (Å²) in [5.74, 6) is 0.274. The minimum Gasteiger partial charge on any atom is -0.486 e. The van der Waals surface area contributed by atoms with E-state index in [1.165, 1.54) is 4.90 Å². The van der Waals surface area contributed by atoms with Crippen LogP contribution in [0.15, 0.2) is 48.5 Å². The van der Waals surface area contributed by atoms with Crippen LogP contribution in [0.3, 0.4) is 0 Å². The Balaban J connectivity index is 1.55. The SMILES string of the molecule is CC(C(=O)NC1CCCC1)N(CCc1ccccc1)C(=O)CN(c1ccc2c(c1)OCCO2)S(C)(=O)=O.